The maximum atomic E-state index is 14.5. The van der Waals surface area contributed by atoms with Gasteiger partial charge in [0.05, 0.1) is 30.1 Å². The molecule has 9 heteroatoms. The van der Waals surface area contributed by atoms with Crippen molar-refractivity contribution < 1.29 is 19.0 Å². The lowest BCUT2D eigenvalue weighted by Gasteiger charge is -2.14. The number of rotatable bonds is 8. The Kier molecular flexibility index (Phi) is 8.73. The molecular formula is C29H30FN3O4S. The predicted octanol–water partition coefficient (Wildman–Crippen LogP) is 5.07. The normalized spacial score (nSPS) is 12.5. The number of fused-ring (bicyclic) bond motifs is 4. The van der Waals surface area contributed by atoms with Crippen molar-refractivity contribution in [3.63, 3.8) is 0 Å². The van der Waals surface area contributed by atoms with Crippen LogP contribution >= 0.6 is 11.9 Å². The zero-order valence-corrected chi connectivity index (χ0v) is 22.6. The van der Waals surface area contributed by atoms with Crippen LogP contribution in [0.25, 0.3) is 22.3 Å². The smallest absolute Gasteiger partial charge is 0.257 e. The van der Waals surface area contributed by atoms with E-state index in [0.29, 0.717) is 35.3 Å². The van der Waals surface area contributed by atoms with E-state index < -0.39 is 6.10 Å². The number of nitrogens with one attached hydrogen (secondary N) is 1. The van der Waals surface area contributed by atoms with Gasteiger partial charge in [-0.2, -0.15) is 0 Å². The Labute approximate surface area is 224 Å². The van der Waals surface area contributed by atoms with E-state index in [1.54, 1.807) is 23.6 Å². The number of nitrogens with zero attached hydrogens (tertiary/aromatic N) is 2. The average molecular weight is 536 g/mol. The summed E-state index contributed by atoms with van der Waals surface area (Å²) in [5.74, 6) is -0.365. The second-order valence-electron chi connectivity index (χ2n) is 8.64. The van der Waals surface area contributed by atoms with Crippen LogP contribution in [0.4, 0.5) is 4.39 Å². The number of aromatic nitrogens is 2. The predicted molar refractivity (Wildman–Crippen MR) is 147 cm³/mol. The average Bonchev–Trinajstić information content (AvgIpc) is 3.30. The zero-order valence-electron chi connectivity index (χ0n) is 21.7. The molecule has 0 saturated heterocycles. The number of aldehydes is 1. The van der Waals surface area contributed by atoms with Crippen LogP contribution in [-0.4, -0.2) is 28.1 Å². The fourth-order valence-electron chi connectivity index (χ4n) is 4.61. The van der Waals surface area contributed by atoms with Gasteiger partial charge in [0, 0.05) is 46.7 Å². The van der Waals surface area contributed by atoms with Crippen LogP contribution in [0.1, 0.15) is 47.8 Å². The van der Waals surface area contributed by atoms with Crippen LogP contribution in [0.3, 0.4) is 0 Å². The molecule has 1 unspecified atom stereocenters. The highest BCUT2D eigenvalue weighted by molar-refractivity contribution is 7.97. The van der Waals surface area contributed by atoms with Crippen molar-refractivity contribution in [1.82, 2.24) is 14.3 Å². The van der Waals surface area contributed by atoms with Crippen LogP contribution in [0.2, 0.25) is 0 Å². The molecule has 2 aromatic carbocycles. The van der Waals surface area contributed by atoms with E-state index in [4.69, 9.17) is 9.72 Å². The molecule has 4 aromatic rings. The molecule has 1 aliphatic heterocycles. The van der Waals surface area contributed by atoms with E-state index in [2.05, 4.69) is 4.72 Å². The van der Waals surface area contributed by atoms with E-state index in [1.165, 1.54) is 25.1 Å². The summed E-state index contributed by atoms with van der Waals surface area (Å²) in [5.41, 5.74) is 3.80. The summed E-state index contributed by atoms with van der Waals surface area (Å²) in [6.45, 7) is 6.38. The number of methoxy groups -OCH3 is 1. The molecule has 2 N–H and O–H groups in total. The van der Waals surface area contributed by atoms with Gasteiger partial charge in [0.15, 0.2) is 6.29 Å². The monoisotopic (exact) mass is 535 g/mol. The van der Waals surface area contributed by atoms with Gasteiger partial charge in [-0.05, 0) is 54.3 Å². The summed E-state index contributed by atoms with van der Waals surface area (Å²) in [6.07, 6.45) is -1.09. The van der Waals surface area contributed by atoms with Gasteiger partial charge in [-0.15, -0.1) is 0 Å². The molecule has 2 aromatic heterocycles. The Morgan fingerprint density at radius 3 is 2.63 bits per heavy atom. The molecule has 5 rings (SSSR count). The fourth-order valence-corrected chi connectivity index (χ4v) is 5.29. The van der Waals surface area contributed by atoms with Crippen molar-refractivity contribution in [2.75, 3.05) is 7.11 Å². The zero-order chi connectivity index (χ0) is 27.4. The minimum absolute atomic E-state index is 0.0440. The molecule has 0 fully saturated rings. The second-order valence-corrected chi connectivity index (χ2v) is 9.61. The highest BCUT2D eigenvalue weighted by Crippen LogP contribution is 2.37. The molecule has 1 aliphatic rings. The van der Waals surface area contributed by atoms with Gasteiger partial charge < -0.3 is 19.2 Å². The quantitative estimate of drug-likeness (QED) is 0.212. The first-order chi connectivity index (χ1) is 18.4. The van der Waals surface area contributed by atoms with E-state index in [9.17, 15) is 19.1 Å². The topological polar surface area (TPSA) is 93.5 Å². The van der Waals surface area contributed by atoms with Crippen LogP contribution < -0.4 is 10.3 Å². The van der Waals surface area contributed by atoms with E-state index >= 15 is 0 Å². The lowest BCUT2D eigenvalue weighted by Crippen LogP contribution is -2.26. The Morgan fingerprint density at radius 2 is 1.95 bits per heavy atom. The Morgan fingerprint density at radius 1 is 1.21 bits per heavy atom. The summed E-state index contributed by atoms with van der Waals surface area (Å²) in [4.78, 5) is 30.6. The Bertz CT molecular complexity index is 1540. The number of aryl methyl sites for hydroxylation is 1. The molecule has 0 amide bonds. The van der Waals surface area contributed by atoms with Crippen molar-refractivity contribution in [2.45, 2.75) is 51.5 Å². The Balaban J connectivity index is 0.00000164. The largest absolute Gasteiger partial charge is 0.381 e. The molecule has 0 aliphatic carbocycles. The van der Waals surface area contributed by atoms with Crippen LogP contribution in [0.15, 0.2) is 58.2 Å². The SMILES string of the molecule is CC.COCc1c(C(O)C=O)cc2n(c1=O)Cc1c-2nc2cc(F)c(C)cc2c1CNSc1ccccc1. The number of hydrogen-bond donors (Lipinski definition) is 2. The van der Waals surface area contributed by atoms with Gasteiger partial charge in [-0.1, -0.05) is 32.0 Å². The van der Waals surface area contributed by atoms with Gasteiger partial charge >= 0.3 is 0 Å². The first-order valence-electron chi connectivity index (χ1n) is 12.4. The summed E-state index contributed by atoms with van der Waals surface area (Å²) in [7, 11) is 1.45. The number of carbonyl (C=O) groups is 1. The molecule has 1 atom stereocenters. The van der Waals surface area contributed by atoms with Crippen molar-refractivity contribution in [3.05, 3.63) is 92.5 Å². The lowest BCUT2D eigenvalue weighted by molar-refractivity contribution is -0.115. The summed E-state index contributed by atoms with van der Waals surface area (Å²) in [6, 6.07) is 14.7. The third-order valence-corrected chi connectivity index (χ3v) is 7.19. The molecule has 3 heterocycles. The van der Waals surface area contributed by atoms with Crippen molar-refractivity contribution in [2.24, 2.45) is 0 Å². The standard InChI is InChI=1S/C27H24FN3O4S.C2H6/c1-15-8-17-19(11-29-36-16-6-4-3-5-7-16)20-12-31-24(26(20)30-23(17)10-22(15)28)9-18(25(33)13-32)21(14-35-2)27(31)34;1-2/h3-10,13,25,29,33H,11-12,14H2,1-2H3;1-2H3. The number of carbonyl (C=O) groups excluding carboxylic acids is 1. The number of aliphatic hydroxyl groups is 1. The third-order valence-electron chi connectivity index (χ3n) is 6.40. The van der Waals surface area contributed by atoms with Crippen molar-refractivity contribution in [3.8, 4) is 11.4 Å². The molecule has 0 bridgehead atoms. The number of halogens is 1. The van der Waals surface area contributed by atoms with Crippen molar-refractivity contribution in [1.29, 1.82) is 0 Å². The summed E-state index contributed by atoms with van der Waals surface area (Å²) in [5, 5.41) is 11.1. The first-order valence-corrected chi connectivity index (χ1v) is 13.2. The molecule has 0 spiro atoms. The van der Waals surface area contributed by atoms with Gasteiger partial charge in [-0.3, -0.25) is 9.52 Å². The number of pyridine rings is 2. The number of aliphatic hydroxyl groups excluding tert-OH is 1. The summed E-state index contributed by atoms with van der Waals surface area (Å²) >= 11 is 1.48. The van der Waals surface area contributed by atoms with Crippen LogP contribution in [-0.2, 0) is 29.2 Å². The van der Waals surface area contributed by atoms with Gasteiger partial charge in [0.25, 0.3) is 5.56 Å². The number of ether oxygens (including phenoxy) is 1. The van der Waals surface area contributed by atoms with Gasteiger partial charge in [0.1, 0.15) is 11.9 Å². The molecular weight excluding hydrogens is 505 g/mol. The maximum absolute atomic E-state index is 14.5. The van der Waals surface area contributed by atoms with Gasteiger partial charge in [-0.25, -0.2) is 9.37 Å². The third kappa shape index (κ3) is 5.15. The molecule has 7 nitrogen and oxygen atoms in total. The fraction of sp³-hybridized carbons (Fsp3) is 0.276. The van der Waals surface area contributed by atoms with Crippen molar-refractivity contribution >= 4 is 29.1 Å². The lowest BCUT2D eigenvalue weighted by atomic mass is 9.98. The first kappa shape index (κ1) is 27.7. The second kappa shape index (κ2) is 12.0. The van der Waals surface area contributed by atoms with E-state index in [1.807, 2.05) is 44.2 Å². The van der Waals surface area contributed by atoms with Crippen LogP contribution in [0.5, 0.6) is 0 Å². The number of hydrogen-bond acceptors (Lipinski definition) is 7. The molecule has 198 valence electrons. The minimum atomic E-state index is -1.47. The highest BCUT2D eigenvalue weighted by Gasteiger charge is 2.29. The molecule has 0 saturated carbocycles. The van der Waals surface area contributed by atoms with E-state index in [-0.39, 0.29) is 35.7 Å². The Hall–Kier alpha value is -3.37. The molecule has 0 radical (unpaired) electrons. The van der Waals surface area contributed by atoms with Crippen LogP contribution in [0, 0.1) is 12.7 Å². The highest BCUT2D eigenvalue weighted by atomic mass is 32.2. The molecule has 38 heavy (non-hydrogen) atoms. The summed E-state index contributed by atoms with van der Waals surface area (Å²) < 4.78 is 24.7. The maximum Gasteiger partial charge on any atom is 0.257 e. The minimum Gasteiger partial charge on any atom is -0.381 e. The van der Waals surface area contributed by atoms with E-state index in [0.717, 1.165) is 21.4 Å². The van der Waals surface area contributed by atoms with Gasteiger partial charge in [0.2, 0.25) is 0 Å². The number of benzene rings is 2.